The van der Waals surface area contributed by atoms with Crippen LogP contribution in [0.4, 0.5) is 4.39 Å². The van der Waals surface area contributed by atoms with Crippen molar-refractivity contribution >= 4 is 27.3 Å². The van der Waals surface area contributed by atoms with E-state index in [1.54, 1.807) is 6.92 Å². The molecule has 1 aromatic carbocycles. The minimum atomic E-state index is -0.353. The second-order valence-electron chi connectivity index (χ2n) is 6.87. The molecule has 0 saturated carbocycles. The molecule has 6 heteroatoms. The Labute approximate surface area is 155 Å². The summed E-state index contributed by atoms with van der Waals surface area (Å²) in [5.41, 5.74) is 1.53. The first-order valence-electron chi connectivity index (χ1n) is 8.50. The minimum absolute atomic E-state index is 0.00225. The second kappa shape index (κ2) is 6.76. The SMILES string of the molecule is Cc1cc(C(=O)Cn2c(C(C)C)nc3sc(C)c(C)c3c2=O)ccc1F. The van der Waals surface area contributed by atoms with E-state index in [9.17, 15) is 14.0 Å². The summed E-state index contributed by atoms with van der Waals surface area (Å²) in [4.78, 5) is 32.3. The third-order valence-corrected chi connectivity index (χ3v) is 5.72. The van der Waals surface area contributed by atoms with Gasteiger partial charge in [-0.15, -0.1) is 11.3 Å². The van der Waals surface area contributed by atoms with Crippen molar-refractivity contribution in [3.63, 3.8) is 0 Å². The Morgan fingerprint density at radius 3 is 2.58 bits per heavy atom. The van der Waals surface area contributed by atoms with Crippen LogP contribution in [0, 0.1) is 26.6 Å². The van der Waals surface area contributed by atoms with Crippen LogP contribution in [0.3, 0.4) is 0 Å². The summed E-state index contributed by atoms with van der Waals surface area (Å²) >= 11 is 1.50. The molecule has 0 N–H and O–H groups in total. The molecule has 3 rings (SSSR count). The number of aromatic nitrogens is 2. The highest BCUT2D eigenvalue weighted by atomic mass is 32.1. The second-order valence-corrected chi connectivity index (χ2v) is 8.07. The molecule has 0 bridgehead atoms. The van der Waals surface area contributed by atoms with Crippen LogP contribution in [0.25, 0.3) is 10.2 Å². The average molecular weight is 372 g/mol. The number of nitrogens with zero attached hydrogens (tertiary/aromatic N) is 2. The van der Waals surface area contributed by atoms with Crippen LogP contribution in [-0.2, 0) is 6.54 Å². The van der Waals surface area contributed by atoms with Gasteiger partial charge in [-0.25, -0.2) is 9.37 Å². The zero-order chi connectivity index (χ0) is 19.2. The van der Waals surface area contributed by atoms with E-state index in [-0.39, 0.29) is 29.6 Å². The Balaban J connectivity index is 2.13. The van der Waals surface area contributed by atoms with Crippen LogP contribution in [0.5, 0.6) is 0 Å². The Bertz CT molecular complexity index is 1080. The Kier molecular flexibility index (Phi) is 4.80. The molecule has 0 aliphatic carbocycles. The molecule has 2 heterocycles. The van der Waals surface area contributed by atoms with Crippen LogP contribution < -0.4 is 5.56 Å². The lowest BCUT2D eigenvalue weighted by atomic mass is 10.1. The van der Waals surface area contributed by atoms with Gasteiger partial charge in [-0.2, -0.15) is 0 Å². The largest absolute Gasteiger partial charge is 0.292 e. The summed E-state index contributed by atoms with van der Waals surface area (Å²) < 4.78 is 14.9. The molecule has 26 heavy (non-hydrogen) atoms. The normalized spacial score (nSPS) is 11.5. The first-order chi connectivity index (χ1) is 12.2. The summed E-state index contributed by atoms with van der Waals surface area (Å²) in [7, 11) is 0. The zero-order valence-corrected chi connectivity index (χ0v) is 16.3. The number of thiophene rings is 1. The highest BCUT2D eigenvalue weighted by Gasteiger charge is 2.20. The fourth-order valence-corrected chi connectivity index (χ4v) is 4.02. The molecule has 4 nitrogen and oxygen atoms in total. The van der Waals surface area contributed by atoms with Gasteiger partial charge in [0.25, 0.3) is 5.56 Å². The number of benzene rings is 1. The summed E-state index contributed by atoms with van der Waals surface area (Å²) in [6.45, 7) is 9.28. The molecule has 0 amide bonds. The fraction of sp³-hybridized carbons (Fsp3) is 0.350. The van der Waals surface area contributed by atoms with Crippen LogP contribution in [-0.4, -0.2) is 15.3 Å². The van der Waals surface area contributed by atoms with Gasteiger partial charge < -0.3 is 0 Å². The number of ketones is 1. The van der Waals surface area contributed by atoms with Crippen molar-refractivity contribution in [2.24, 2.45) is 0 Å². The van der Waals surface area contributed by atoms with Crippen molar-refractivity contribution in [2.75, 3.05) is 0 Å². The van der Waals surface area contributed by atoms with Crippen LogP contribution in [0.2, 0.25) is 0 Å². The molecule has 0 fully saturated rings. The number of carbonyl (C=O) groups excluding carboxylic acids is 1. The molecule has 136 valence electrons. The third kappa shape index (κ3) is 3.09. The van der Waals surface area contributed by atoms with Gasteiger partial charge in [0, 0.05) is 16.4 Å². The molecule has 3 aromatic rings. The van der Waals surface area contributed by atoms with Gasteiger partial charge in [0.2, 0.25) is 0 Å². The van der Waals surface area contributed by atoms with Crippen LogP contribution in [0.1, 0.15) is 52.0 Å². The molecule has 0 saturated heterocycles. The Morgan fingerprint density at radius 2 is 1.96 bits per heavy atom. The van der Waals surface area contributed by atoms with E-state index >= 15 is 0 Å². The highest BCUT2D eigenvalue weighted by Crippen LogP contribution is 2.27. The molecule has 0 radical (unpaired) electrons. The highest BCUT2D eigenvalue weighted by molar-refractivity contribution is 7.18. The van der Waals surface area contributed by atoms with E-state index in [1.165, 1.54) is 34.1 Å². The standard InChI is InChI=1S/C20H21FN2O2S/c1-10(2)18-22-19-17(12(4)13(5)26-19)20(25)23(18)9-16(24)14-6-7-15(21)11(3)8-14/h6-8,10H,9H2,1-5H3. The zero-order valence-electron chi connectivity index (χ0n) is 15.5. The van der Waals surface area contributed by atoms with Gasteiger partial charge in [-0.3, -0.25) is 14.2 Å². The van der Waals surface area contributed by atoms with Gasteiger partial charge in [-0.1, -0.05) is 13.8 Å². The lowest BCUT2D eigenvalue weighted by molar-refractivity contribution is 0.0969. The maximum Gasteiger partial charge on any atom is 0.262 e. The lowest BCUT2D eigenvalue weighted by Crippen LogP contribution is -2.29. The van der Waals surface area contributed by atoms with E-state index in [2.05, 4.69) is 4.98 Å². The van der Waals surface area contributed by atoms with E-state index in [0.29, 0.717) is 22.3 Å². The monoisotopic (exact) mass is 372 g/mol. The van der Waals surface area contributed by atoms with E-state index < -0.39 is 0 Å². The van der Waals surface area contributed by atoms with Crippen molar-refractivity contribution in [1.29, 1.82) is 0 Å². The fourth-order valence-electron chi connectivity index (χ4n) is 2.99. The van der Waals surface area contributed by atoms with Gasteiger partial charge >= 0.3 is 0 Å². The number of hydrogen-bond acceptors (Lipinski definition) is 4. The summed E-state index contributed by atoms with van der Waals surface area (Å²) in [5, 5.41) is 0.583. The molecule has 0 aliphatic heterocycles. The number of halogens is 1. The Hall–Kier alpha value is -2.34. The molecule has 2 aromatic heterocycles. The van der Waals surface area contributed by atoms with Crippen molar-refractivity contribution in [3.05, 3.63) is 61.8 Å². The first kappa shape index (κ1) is 18.5. The number of Topliss-reactive ketones (excluding diaryl/α,β-unsaturated/α-hetero) is 1. The maximum absolute atomic E-state index is 13.5. The van der Waals surface area contributed by atoms with Gasteiger partial charge in [0.1, 0.15) is 16.5 Å². The number of hydrogen-bond donors (Lipinski definition) is 0. The molecule has 0 aliphatic rings. The van der Waals surface area contributed by atoms with Crippen molar-refractivity contribution in [1.82, 2.24) is 9.55 Å². The summed E-state index contributed by atoms with van der Waals surface area (Å²) in [6.07, 6.45) is 0. The smallest absolute Gasteiger partial charge is 0.262 e. The van der Waals surface area contributed by atoms with Gasteiger partial charge in [0.05, 0.1) is 11.9 Å². The minimum Gasteiger partial charge on any atom is -0.292 e. The van der Waals surface area contributed by atoms with Crippen molar-refractivity contribution < 1.29 is 9.18 Å². The first-order valence-corrected chi connectivity index (χ1v) is 9.32. The van der Waals surface area contributed by atoms with E-state index in [0.717, 1.165) is 15.3 Å². The third-order valence-electron chi connectivity index (χ3n) is 4.62. The van der Waals surface area contributed by atoms with Crippen LogP contribution >= 0.6 is 11.3 Å². The molecule has 0 spiro atoms. The molecular formula is C20H21FN2O2S. The average Bonchev–Trinajstić information content (AvgIpc) is 2.86. The number of fused-ring (bicyclic) bond motifs is 1. The van der Waals surface area contributed by atoms with Crippen molar-refractivity contribution in [2.45, 2.75) is 47.1 Å². The van der Waals surface area contributed by atoms with Crippen LogP contribution in [0.15, 0.2) is 23.0 Å². The molecular weight excluding hydrogens is 351 g/mol. The number of rotatable bonds is 4. The lowest BCUT2D eigenvalue weighted by Gasteiger charge is -2.14. The topological polar surface area (TPSA) is 52.0 Å². The van der Waals surface area contributed by atoms with Gasteiger partial charge in [0.15, 0.2) is 5.78 Å². The van der Waals surface area contributed by atoms with Crippen molar-refractivity contribution in [3.8, 4) is 0 Å². The molecule has 0 atom stereocenters. The molecule has 0 unspecified atom stereocenters. The maximum atomic E-state index is 13.5. The predicted molar refractivity (Wildman–Crippen MR) is 103 cm³/mol. The number of carbonyl (C=O) groups is 1. The van der Waals surface area contributed by atoms with Gasteiger partial charge in [-0.05, 0) is 50.1 Å². The quantitative estimate of drug-likeness (QED) is 0.632. The van der Waals surface area contributed by atoms with E-state index in [1.807, 2.05) is 27.7 Å². The number of aryl methyl sites for hydroxylation is 3. The predicted octanol–water partition coefficient (Wildman–Crippen LogP) is 4.53. The summed E-state index contributed by atoms with van der Waals surface area (Å²) in [6, 6.07) is 4.25. The van der Waals surface area contributed by atoms with E-state index in [4.69, 9.17) is 0 Å². The Morgan fingerprint density at radius 1 is 1.27 bits per heavy atom. The summed E-state index contributed by atoms with van der Waals surface area (Å²) in [5.74, 6) is 0.00500.